The third-order valence-corrected chi connectivity index (χ3v) is 5.27. The highest BCUT2D eigenvalue weighted by atomic mass is 35.5. The summed E-state index contributed by atoms with van der Waals surface area (Å²) in [6.45, 7) is 1.92. The predicted molar refractivity (Wildman–Crippen MR) is 105 cm³/mol. The van der Waals surface area contributed by atoms with Crippen LogP contribution in [0.4, 0.5) is 4.39 Å². The summed E-state index contributed by atoms with van der Waals surface area (Å²) < 4.78 is 18.9. The average molecular weight is 411 g/mol. The fourth-order valence-corrected chi connectivity index (χ4v) is 4.19. The van der Waals surface area contributed by atoms with Crippen LogP contribution in [0.15, 0.2) is 24.3 Å². The monoisotopic (exact) mass is 410 g/mol. The molecule has 2 aliphatic rings. The molecule has 1 aromatic carbocycles. The molecule has 150 valence electrons. The molecule has 8 heteroatoms. The van der Waals surface area contributed by atoms with Crippen LogP contribution in [0.1, 0.15) is 23.2 Å². The van der Waals surface area contributed by atoms with Crippen LogP contribution in [-0.4, -0.2) is 67.6 Å². The molecular weight excluding hydrogens is 382 g/mol. The number of halogens is 3. The van der Waals surface area contributed by atoms with Crippen LogP contribution >= 0.6 is 24.8 Å². The molecule has 1 aromatic rings. The Kier molecular flexibility index (Phi) is 10.1. The summed E-state index contributed by atoms with van der Waals surface area (Å²) >= 11 is 0. The van der Waals surface area contributed by atoms with Gasteiger partial charge in [0.25, 0.3) is 0 Å². The first-order chi connectivity index (χ1) is 11.0. The van der Waals surface area contributed by atoms with Crippen LogP contribution in [0.25, 0.3) is 0 Å². The van der Waals surface area contributed by atoms with Gasteiger partial charge in [-0.3, -0.25) is 0 Å². The quantitative estimate of drug-likeness (QED) is 0.716. The van der Waals surface area contributed by atoms with Crippen LogP contribution in [0.5, 0.6) is 0 Å². The number of hydrogen-bond acceptors (Lipinski definition) is 4. The van der Waals surface area contributed by atoms with Crippen molar-refractivity contribution in [2.45, 2.75) is 25.0 Å². The molecule has 1 saturated heterocycles. The number of fused-ring (bicyclic) bond motifs is 2. The predicted octanol–water partition coefficient (Wildman–Crippen LogP) is 2.27. The molecular formula is C18H29Cl2FN2O3. The second kappa shape index (κ2) is 10.4. The number of esters is 1. The molecule has 0 aromatic heterocycles. The molecule has 1 aliphatic heterocycles. The number of ether oxygens (including phenoxy) is 1. The molecule has 1 saturated carbocycles. The van der Waals surface area contributed by atoms with Gasteiger partial charge < -0.3 is 20.0 Å². The lowest BCUT2D eigenvalue weighted by Gasteiger charge is -2.50. The van der Waals surface area contributed by atoms with E-state index in [1.807, 2.05) is 0 Å². The van der Waals surface area contributed by atoms with E-state index in [-0.39, 0.29) is 48.2 Å². The first-order valence-electron chi connectivity index (χ1n) is 8.27. The van der Waals surface area contributed by atoms with Gasteiger partial charge in [0.1, 0.15) is 11.9 Å². The number of carbonyl (C=O) groups excluding carboxylic acids is 1. The Morgan fingerprint density at radius 1 is 1.15 bits per heavy atom. The van der Waals surface area contributed by atoms with Crippen LogP contribution in [0.3, 0.4) is 0 Å². The molecule has 1 heterocycles. The van der Waals surface area contributed by atoms with E-state index in [9.17, 15) is 9.18 Å². The first kappa shape index (κ1) is 25.1. The van der Waals surface area contributed by atoms with Crippen molar-refractivity contribution in [3.8, 4) is 0 Å². The van der Waals surface area contributed by atoms with Crippen molar-refractivity contribution in [1.29, 1.82) is 0 Å². The van der Waals surface area contributed by atoms with Crippen molar-refractivity contribution in [3.63, 3.8) is 0 Å². The zero-order chi connectivity index (χ0) is 16.6. The van der Waals surface area contributed by atoms with Gasteiger partial charge in [-0.2, -0.15) is 0 Å². The Labute approximate surface area is 167 Å². The van der Waals surface area contributed by atoms with Crippen molar-refractivity contribution in [1.82, 2.24) is 9.80 Å². The van der Waals surface area contributed by atoms with E-state index in [1.165, 1.54) is 24.3 Å². The summed E-state index contributed by atoms with van der Waals surface area (Å²) in [4.78, 5) is 17.0. The van der Waals surface area contributed by atoms with E-state index in [4.69, 9.17) is 4.74 Å². The number of piperidine rings is 1. The van der Waals surface area contributed by atoms with Crippen LogP contribution in [0.2, 0.25) is 0 Å². The Balaban J connectivity index is 0.00000208. The van der Waals surface area contributed by atoms with Gasteiger partial charge in [-0.15, -0.1) is 24.8 Å². The van der Waals surface area contributed by atoms with Crippen molar-refractivity contribution in [2.75, 3.05) is 34.2 Å². The normalized spacial score (nSPS) is 27.6. The van der Waals surface area contributed by atoms with E-state index < -0.39 is 0 Å². The number of likely N-dealkylation sites (tertiary alicyclic amines) is 1. The van der Waals surface area contributed by atoms with Gasteiger partial charge in [-0.1, -0.05) is 0 Å². The van der Waals surface area contributed by atoms with E-state index in [0.717, 1.165) is 25.9 Å². The Hall–Kier alpha value is -0.920. The standard InChI is InChI=1S/C18H25FN2O2.2ClH.H2O/c1-20(2)16-9-6-13-10-21(3)11-15(16)17(13)23-18(22)12-4-7-14(19)8-5-12;;;/h4-5,7-8,13,15-17H,6,9-11H2,1-3H3;2*1H;1H2/t13?,15?,16-,17-;;;/m1.../s1. The molecule has 4 atom stereocenters. The average Bonchev–Trinajstić information content (AvgIpc) is 2.48. The fourth-order valence-electron chi connectivity index (χ4n) is 4.19. The molecule has 5 nitrogen and oxygen atoms in total. The molecule has 2 unspecified atom stereocenters. The second-order valence-corrected chi connectivity index (χ2v) is 7.13. The third kappa shape index (κ3) is 5.30. The minimum absolute atomic E-state index is 0. The van der Waals surface area contributed by atoms with Crippen molar-refractivity contribution in [3.05, 3.63) is 35.6 Å². The number of hydrogen-bond donors (Lipinski definition) is 0. The maximum atomic E-state index is 13.0. The van der Waals surface area contributed by atoms with Crippen LogP contribution < -0.4 is 0 Å². The van der Waals surface area contributed by atoms with Crippen molar-refractivity contribution >= 4 is 30.8 Å². The van der Waals surface area contributed by atoms with Gasteiger partial charge in [-0.25, -0.2) is 9.18 Å². The molecule has 1 aliphatic carbocycles. The maximum Gasteiger partial charge on any atom is 0.338 e. The summed E-state index contributed by atoms with van der Waals surface area (Å²) in [6, 6.07) is 6.01. The lowest BCUT2D eigenvalue weighted by molar-refractivity contribution is -0.0873. The van der Waals surface area contributed by atoms with Gasteiger partial charge >= 0.3 is 5.97 Å². The SMILES string of the molecule is CN1CC2CC[C@@H](N(C)C)C(C1)[C@@H]2OC(=O)c1ccc(F)cc1.Cl.Cl.O. The number of benzene rings is 1. The van der Waals surface area contributed by atoms with Gasteiger partial charge in [0, 0.05) is 31.0 Å². The zero-order valence-corrected chi connectivity index (χ0v) is 17.0. The molecule has 26 heavy (non-hydrogen) atoms. The smallest absolute Gasteiger partial charge is 0.338 e. The third-order valence-electron chi connectivity index (χ3n) is 5.27. The minimum atomic E-state index is -0.342. The summed E-state index contributed by atoms with van der Waals surface area (Å²) in [6.07, 6.45) is 2.18. The summed E-state index contributed by atoms with van der Waals surface area (Å²) in [5.74, 6) is 0.0330. The molecule has 0 spiro atoms. The lowest BCUT2D eigenvalue weighted by atomic mass is 9.72. The molecule has 2 fully saturated rings. The Morgan fingerprint density at radius 2 is 1.77 bits per heavy atom. The first-order valence-corrected chi connectivity index (χ1v) is 8.27. The van der Waals surface area contributed by atoms with Crippen molar-refractivity contribution < 1.29 is 19.4 Å². The maximum absolute atomic E-state index is 13.0. The number of rotatable bonds is 3. The van der Waals surface area contributed by atoms with E-state index in [2.05, 4.69) is 30.9 Å². The molecule has 2 N–H and O–H groups in total. The molecule has 2 bridgehead atoms. The van der Waals surface area contributed by atoms with E-state index in [0.29, 0.717) is 23.4 Å². The second-order valence-electron chi connectivity index (χ2n) is 7.13. The largest absolute Gasteiger partial charge is 0.458 e. The zero-order valence-electron chi connectivity index (χ0n) is 15.4. The van der Waals surface area contributed by atoms with Crippen molar-refractivity contribution in [2.24, 2.45) is 11.8 Å². The highest BCUT2D eigenvalue weighted by molar-refractivity contribution is 5.89. The highest BCUT2D eigenvalue weighted by Crippen LogP contribution is 2.38. The number of carbonyl (C=O) groups is 1. The molecule has 0 amide bonds. The topological polar surface area (TPSA) is 64.3 Å². The van der Waals surface area contributed by atoms with Gasteiger partial charge in [-0.05, 0) is 58.3 Å². The highest BCUT2D eigenvalue weighted by Gasteiger charge is 2.46. The fraction of sp³-hybridized carbons (Fsp3) is 0.611. The minimum Gasteiger partial charge on any atom is -0.458 e. The van der Waals surface area contributed by atoms with Crippen LogP contribution in [0, 0.1) is 17.7 Å². The molecule has 0 radical (unpaired) electrons. The lowest BCUT2D eigenvalue weighted by Crippen LogP contribution is -2.59. The van der Waals surface area contributed by atoms with E-state index in [1.54, 1.807) is 0 Å². The Morgan fingerprint density at radius 3 is 2.35 bits per heavy atom. The molecule has 3 rings (SSSR count). The Bertz CT molecular complexity index is 574. The van der Waals surface area contributed by atoms with Gasteiger partial charge in [0.2, 0.25) is 0 Å². The number of nitrogens with zero attached hydrogens (tertiary/aromatic N) is 2. The summed E-state index contributed by atoms with van der Waals surface area (Å²) in [5.41, 5.74) is 0.421. The summed E-state index contributed by atoms with van der Waals surface area (Å²) in [7, 11) is 6.33. The van der Waals surface area contributed by atoms with Gasteiger partial charge in [0.05, 0.1) is 5.56 Å². The van der Waals surface area contributed by atoms with E-state index >= 15 is 0 Å². The van der Waals surface area contributed by atoms with Crippen LogP contribution in [-0.2, 0) is 4.74 Å². The van der Waals surface area contributed by atoms with Gasteiger partial charge in [0.15, 0.2) is 0 Å². The summed E-state index contributed by atoms with van der Waals surface area (Å²) in [5, 5.41) is 0.